The summed E-state index contributed by atoms with van der Waals surface area (Å²) in [5.74, 6) is 0. The number of carbonyl (C=O) groups is 1. The monoisotopic (exact) mass is 287 g/mol. The number of benzene rings is 1. The van der Waals surface area contributed by atoms with Crippen LogP contribution in [0.3, 0.4) is 0 Å². The van der Waals surface area contributed by atoms with Crippen LogP contribution in [0.15, 0.2) is 35.4 Å². The van der Waals surface area contributed by atoms with E-state index < -0.39 is 15.1 Å². The van der Waals surface area contributed by atoms with Crippen molar-refractivity contribution in [3.63, 3.8) is 0 Å². The highest BCUT2D eigenvalue weighted by Crippen LogP contribution is 2.22. The molecule has 96 valence electrons. The molecule has 0 N–H and O–H groups in total. The number of nitrogens with zero attached hydrogens (tertiary/aromatic N) is 1. The third kappa shape index (κ3) is 2.34. The molecule has 0 atom stereocenters. The number of hydrogen-bond donors (Lipinski definition) is 0. The number of aromatic nitrogens is 1. The van der Waals surface area contributed by atoms with Gasteiger partial charge in [-0.3, -0.25) is 4.57 Å². The number of halogens is 1. The van der Waals surface area contributed by atoms with E-state index in [2.05, 4.69) is 0 Å². The largest absolute Gasteiger partial charge is 0.449 e. The summed E-state index contributed by atoms with van der Waals surface area (Å²) in [5.41, 5.74) is 0.440. The van der Waals surface area contributed by atoms with Crippen molar-refractivity contribution < 1.29 is 17.9 Å². The maximum atomic E-state index is 11.6. The van der Waals surface area contributed by atoms with Crippen LogP contribution in [0.4, 0.5) is 4.79 Å². The van der Waals surface area contributed by atoms with Crippen molar-refractivity contribution >= 4 is 36.7 Å². The number of ether oxygens (including phenoxy) is 1. The van der Waals surface area contributed by atoms with E-state index in [0.29, 0.717) is 5.52 Å². The first kappa shape index (κ1) is 12.9. The number of hydrogen-bond acceptors (Lipinski definition) is 4. The predicted molar refractivity (Wildman–Crippen MR) is 67.4 cm³/mol. The zero-order chi connectivity index (χ0) is 13.3. The van der Waals surface area contributed by atoms with Crippen molar-refractivity contribution in [2.45, 2.75) is 11.8 Å². The molecule has 0 aliphatic heterocycles. The van der Waals surface area contributed by atoms with Gasteiger partial charge >= 0.3 is 6.09 Å². The fourth-order valence-corrected chi connectivity index (χ4v) is 2.38. The topological polar surface area (TPSA) is 65.4 Å². The molecule has 0 unspecified atom stereocenters. The van der Waals surface area contributed by atoms with Gasteiger partial charge in [-0.15, -0.1) is 0 Å². The molecule has 0 spiro atoms. The molecule has 5 nitrogen and oxygen atoms in total. The molecule has 0 amide bonds. The highest BCUT2D eigenvalue weighted by Gasteiger charge is 2.14. The Bertz CT molecular complexity index is 705. The van der Waals surface area contributed by atoms with Crippen molar-refractivity contribution in [2.24, 2.45) is 0 Å². The normalized spacial score (nSPS) is 11.7. The van der Waals surface area contributed by atoms with Gasteiger partial charge in [-0.2, -0.15) is 0 Å². The van der Waals surface area contributed by atoms with Crippen molar-refractivity contribution in [2.75, 3.05) is 6.61 Å². The first-order chi connectivity index (χ1) is 8.43. The van der Waals surface area contributed by atoms with Crippen LogP contribution in [0.1, 0.15) is 6.92 Å². The van der Waals surface area contributed by atoms with Gasteiger partial charge in [0.25, 0.3) is 9.05 Å². The molecular weight excluding hydrogens is 278 g/mol. The molecule has 18 heavy (non-hydrogen) atoms. The minimum Gasteiger partial charge on any atom is -0.449 e. The second kappa shape index (κ2) is 4.62. The van der Waals surface area contributed by atoms with Gasteiger partial charge in [0.15, 0.2) is 0 Å². The quantitative estimate of drug-likeness (QED) is 0.796. The summed E-state index contributed by atoms with van der Waals surface area (Å²) in [6.45, 7) is 1.93. The molecule has 0 radical (unpaired) electrons. The van der Waals surface area contributed by atoms with Crippen LogP contribution >= 0.6 is 10.7 Å². The standard InChI is InChI=1S/C11H10ClNO4S/c1-2-17-11(14)13-6-5-8-3-4-9(7-10(8)13)18(12,15)16/h3-7H,2H2,1H3. The second-order valence-corrected chi connectivity index (χ2v) is 6.11. The molecule has 0 aliphatic carbocycles. The van der Waals surface area contributed by atoms with Crippen LogP contribution in [-0.2, 0) is 13.8 Å². The Balaban J connectivity index is 2.60. The zero-order valence-electron chi connectivity index (χ0n) is 9.46. The van der Waals surface area contributed by atoms with Crippen molar-refractivity contribution in [3.05, 3.63) is 30.5 Å². The van der Waals surface area contributed by atoms with Gasteiger partial charge in [-0.1, -0.05) is 6.07 Å². The molecule has 2 rings (SSSR count). The van der Waals surface area contributed by atoms with Gasteiger partial charge in [0.05, 0.1) is 17.0 Å². The molecule has 1 aromatic carbocycles. The van der Waals surface area contributed by atoms with E-state index in [0.717, 1.165) is 5.39 Å². The van der Waals surface area contributed by atoms with Crippen LogP contribution in [-0.4, -0.2) is 25.7 Å². The lowest BCUT2D eigenvalue weighted by Crippen LogP contribution is -2.12. The summed E-state index contributed by atoms with van der Waals surface area (Å²) in [6.07, 6.45) is 0.962. The van der Waals surface area contributed by atoms with Crippen LogP contribution in [0.5, 0.6) is 0 Å². The predicted octanol–water partition coefficient (Wildman–Crippen LogP) is 2.57. The Hall–Kier alpha value is -1.53. The SMILES string of the molecule is CCOC(=O)n1ccc2ccc(S(=O)(=O)Cl)cc21. The van der Waals surface area contributed by atoms with Gasteiger partial charge in [-0.05, 0) is 25.1 Å². The van der Waals surface area contributed by atoms with E-state index >= 15 is 0 Å². The molecule has 1 aromatic heterocycles. The summed E-state index contributed by atoms with van der Waals surface area (Å²) in [4.78, 5) is 11.6. The summed E-state index contributed by atoms with van der Waals surface area (Å²) in [6, 6.07) is 6.01. The Morgan fingerprint density at radius 3 is 2.72 bits per heavy atom. The summed E-state index contributed by atoms with van der Waals surface area (Å²) >= 11 is 0. The van der Waals surface area contributed by atoms with Crippen LogP contribution in [0, 0.1) is 0 Å². The summed E-state index contributed by atoms with van der Waals surface area (Å²) in [5, 5.41) is 0.729. The Morgan fingerprint density at radius 2 is 2.11 bits per heavy atom. The molecule has 1 heterocycles. The smallest absolute Gasteiger partial charge is 0.418 e. The lowest BCUT2D eigenvalue weighted by molar-refractivity contribution is 0.155. The first-order valence-corrected chi connectivity index (χ1v) is 7.47. The average Bonchev–Trinajstić information content (AvgIpc) is 2.70. The van der Waals surface area contributed by atoms with Crippen LogP contribution in [0.25, 0.3) is 10.9 Å². The Labute approximate surface area is 108 Å². The second-order valence-electron chi connectivity index (χ2n) is 3.54. The molecule has 0 saturated heterocycles. The summed E-state index contributed by atoms with van der Waals surface area (Å²) < 4.78 is 28.6. The third-order valence-corrected chi connectivity index (χ3v) is 3.76. The van der Waals surface area contributed by atoms with E-state index in [-0.39, 0.29) is 11.5 Å². The van der Waals surface area contributed by atoms with E-state index in [4.69, 9.17) is 15.4 Å². The minimum absolute atomic E-state index is 0.0547. The third-order valence-electron chi connectivity index (χ3n) is 2.41. The molecule has 0 fully saturated rings. The van der Waals surface area contributed by atoms with Gasteiger partial charge in [0, 0.05) is 22.3 Å². The molecule has 2 aromatic rings. The lowest BCUT2D eigenvalue weighted by atomic mass is 10.2. The fraction of sp³-hybridized carbons (Fsp3) is 0.182. The molecule has 0 bridgehead atoms. The maximum absolute atomic E-state index is 11.6. The van der Waals surface area contributed by atoms with Gasteiger partial charge in [0.2, 0.25) is 0 Å². The first-order valence-electron chi connectivity index (χ1n) is 5.16. The van der Waals surface area contributed by atoms with Gasteiger partial charge < -0.3 is 4.74 Å². The number of fused-ring (bicyclic) bond motifs is 1. The van der Waals surface area contributed by atoms with Crippen LogP contribution in [0.2, 0.25) is 0 Å². The molecule has 0 saturated carbocycles. The Morgan fingerprint density at radius 1 is 1.39 bits per heavy atom. The average molecular weight is 288 g/mol. The van der Waals surface area contributed by atoms with Crippen LogP contribution < -0.4 is 0 Å². The van der Waals surface area contributed by atoms with Crippen molar-refractivity contribution in [3.8, 4) is 0 Å². The van der Waals surface area contributed by atoms with Crippen molar-refractivity contribution in [1.82, 2.24) is 4.57 Å². The maximum Gasteiger partial charge on any atom is 0.418 e. The Kier molecular flexibility index (Phi) is 3.32. The van der Waals surface area contributed by atoms with Gasteiger partial charge in [0.1, 0.15) is 0 Å². The van der Waals surface area contributed by atoms with E-state index in [1.807, 2.05) is 0 Å². The fourth-order valence-electron chi connectivity index (χ4n) is 1.61. The molecule has 0 aliphatic rings. The number of carbonyl (C=O) groups excluding carboxylic acids is 1. The molecular formula is C11H10ClNO4S. The lowest BCUT2D eigenvalue weighted by Gasteiger charge is -2.04. The van der Waals surface area contributed by atoms with Crippen molar-refractivity contribution in [1.29, 1.82) is 0 Å². The van der Waals surface area contributed by atoms with E-state index in [1.165, 1.54) is 22.9 Å². The highest BCUT2D eigenvalue weighted by atomic mass is 35.7. The number of rotatable bonds is 2. The summed E-state index contributed by atoms with van der Waals surface area (Å²) in [7, 11) is 1.45. The minimum atomic E-state index is -3.82. The zero-order valence-corrected chi connectivity index (χ0v) is 11.0. The van der Waals surface area contributed by atoms with E-state index in [9.17, 15) is 13.2 Å². The van der Waals surface area contributed by atoms with E-state index in [1.54, 1.807) is 19.1 Å². The van der Waals surface area contributed by atoms with Gasteiger partial charge in [-0.25, -0.2) is 13.2 Å². The highest BCUT2D eigenvalue weighted by molar-refractivity contribution is 8.13. The molecule has 7 heteroatoms.